The van der Waals surface area contributed by atoms with Gasteiger partial charge in [-0.2, -0.15) is 0 Å². The second-order valence-corrected chi connectivity index (χ2v) is 4.84. The van der Waals surface area contributed by atoms with Crippen molar-refractivity contribution < 1.29 is 13.2 Å². The summed E-state index contributed by atoms with van der Waals surface area (Å²) in [5, 5.41) is -0.461. The minimum Gasteiger partial charge on any atom is -0.366 e. The van der Waals surface area contributed by atoms with E-state index in [9.17, 15) is 9.00 Å². The van der Waals surface area contributed by atoms with Crippen molar-refractivity contribution in [2.45, 2.75) is 5.25 Å². The minimum atomic E-state index is -1.73. The average molecular weight is 260 g/mol. The Morgan fingerprint density at radius 1 is 0.889 bits per heavy atom. The van der Waals surface area contributed by atoms with Crippen molar-refractivity contribution in [2.75, 3.05) is 0 Å². The first kappa shape index (κ1) is 12.5. The van der Waals surface area contributed by atoms with Crippen LogP contribution in [0.3, 0.4) is 0 Å². The van der Waals surface area contributed by atoms with Crippen LogP contribution in [0.15, 0.2) is 60.7 Å². The van der Waals surface area contributed by atoms with Crippen LogP contribution < -0.4 is 0 Å². The van der Waals surface area contributed by atoms with Crippen LogP contribution in [-0.4, -0.2) is 10.7 Å². The van der Waals surface area contributed by atoms with Gasteiger partial charge < -0.3 is 4.18 Å². The fraction of sp³-hybridized carbons (Fsp3) is 0.0714. The maximum atomic E-state index is 12.0. The molecule has 0 aliphatic heterocycles. The first-order valence-electron chi connectivity index (χ1n) is 5.44. The maximum absolute atomic E-state index is 12.0. The summed E-state index contributed by atoms with van der Waals surface area (Å²) < 4.78 is 16.6. The Hall–Kier alpha value is -1.94. The lowest BCUT2D eigenvalue weighted by molar-refractivity contribution is -0.119. The van der Waals surface area contributed by atoms with E-state index in [1.54, 1.807) is 0 Å². The Morgan fingerprint density at radius 3 is 1.72 bits per heavy atom. The Morgan fingerprint density at radius 2 is 1.33 bits per heavy atom. The minimum absolute atomic E-state index is 0.217. The van der Waals surface area contributed by atoms with Gasteiger partial charge in [0.05, 0.1) is 0 Å². The van der Waals surface area contributed by atoms with E-state index >= 15 is 0 Å². The van der Waals surface area contributed by atoms with Gasteiger partial charge >= 0.3 is 6.47 Å². The first-order chi connectivity index (χ1) is 8.83. The van der Waals surface area contributed by atoms with E-state index in [4.69, 9.17) is 0 Å². The van der Waals surface area contributed by atoms with Crippen molar-refractivity contribution in [3.63, 3.8) is 0 Å². The highest BCUT2D eigenvalue weighted by atomic mass is 32.2. The lowest BCUT2D eigenvalue weighted by atomic mass is 10.0. The summed E-state index contributed by atoms with van der Waals surface area (Å²) in [5.41, 5.74) is 1.70. The molecule has 0 amide bonds. The second-order valence-electron chi connectivity index (χ2n) is 3.65. The van der Waals surface area contributed by atoms with Gasteiger partial charge in [-0.15, -0.1) is 0 Å². The molecule has 0 saturated heterocycles. The van der Waals surface area contributed by atoms with E-state index in [0.29, 0.717) is 0 Å². The Kier molecular flexibility index (Phi) is 4.25. The van der Waals surface area contributed by atoms with Crippen molar-refractivity contribution in [2.24, 2.45) is 0 Å². The third-order valence-corrected chi connectivity index (χ3v) is 3.73. The molecule has 3 nitrogen and oxygen atoms in total. The SMILES string of the molecule is O=COS(=O)C(c1ccccc1)c1ccccc1. The molecule has 0 aliphatic rings. The molecule has 0 aliphatic carbocycles. The lowest BCUT2D eigenvalue weighted by Gasteiger charge is -2.15. The van der Waals surface area contributed by atoms with E-state index in [0.717, 1.165) is 11.1 Å². The number of rotatable bonds is 5. The normalized spacial score (nSPS) is 12.1. The predicted molar refractivity (Wildman–Crippen MR) is 70.0 cm³/mol. The van der Waals surface area contributed by atoms with Gasteiger partial charge in [0.2, 0.25) is 11.1 Å². The van der Waals surface area contributed by atoms with E-state index in [2.05, 4.69) is 4.18 Å². The average Bonchev–Trinajstić information content (AvgIpc) is 2.42. The number of benzene rings is 2. The molecule has 0 heterocycles. The Labute approximate surface area is 108 Å². The molecule has 18 heavy (non-hydrogen) atoms. The van der Waals surface area contributed by atoms with Gasteiger partial charge in [-0.25, -0.2) is 4.21 Å². The van der Waals surface area contributed by atoms with E-state index in [-0.39, 0.29) is 6.47 Å². The molecule has 4 heteroatoms. The number of carbonyl (C=O) groups is 1. The molecule has 2 aromatic carbocycles. The molecule has 2 aromatic rings. The van der Waals surface area contributed by atoms with Gasteiger partial charge in [-0.3, -0.25) is 4.79 Å². The van der Waals surface area contributed by atoms with Crippen LogP contribution in [0, 0.1) is 0 Å². The molecule has 92 valence electrons. The molecule has 0 radical (unpaired) electrons. The van der Waals surface area contributed by atoms with Crippen molar-refractivity contribution in [1.82, 2.24) is 0 Å². The summed E-state index contributed by atoms with van der Waals surface area (Å²) in [6, 6.07) is 18.7. The summed E-state index contributed by atoms with van der Waals surface area (Å²) >= 11 is -1.73. The summed E-state index contributed by atoms with van der Waals surface area (Å²) in [4.78, 5) is 10.4. The van der Waals surface area contributed by atoms with Crippen molar-refractivity contribution in [3.05, 3.63) is 71.8 Å². The fourth-order valence-corrected chi connectivity index (χ4v) is 2.71. The molecular weight excluding hydrogens is 248 g/mol. The standard InChI is InChI=1S/C14H12O3S/c15-11-17-18(16)14(12-7-3-1-4-8-12)13-9-5-2-6-10-13/h1-11,14H. The highest BCUT2D eigenvalue weighted by Gasteiger charge is 2.22. The fourth-order valence-electron chi connectivity index (χ4n) is 1.76. The van der Waals surface area contributed by atoms with Crippen LogP contribution in [0.2, 0.25) is 0 Å². The zero-order chi connectivity index (χ0) is 12.8. The molecule has 0 aromatic heterocycles. The monoisotopic (exact) mass is 260 g/mol. The van der Waals surface area contributed by atoms with Crippen LogP contribution in [0.5, 0.6) is 0 Å². The predicted octanol–water partition coefficient (Wildman–Crippen LogP) is 2.61. The highest BCUT2D eigenvalue weighted by Crippen LogP contribution is 2.28. The molecule has 0 N–H and O–H groups in total. The van der Waals surface area contributed by atoms with Crippen LogP contribution in [-0.2, 0) is 20.1 Å². The van der Waals surface area contributed by atoms with Gasteiger partial charge in [0.15, 0.2) is 0 Å². The van der Waals surface area contributed by atoms with Crippen LogP contribution >= 0.6 is 0 Å². The van der Waals surface area contributed by atoms with E-state index in [1.807, 2.05) is 60.7 Å². The summed E-state index contributed by atoms with van der Waals surface area (Å²) in [6.07, 6.45) is 0. The molecule has 0 bridgehead atoms. The zero-order valence-corrected chi connectivity index (χ0v) is 10.4. The largest absolute Gasteiger partial charge is 0.366 e. The summed E-state index contributed by atoms with van der Waals surface area (Å²) in [5.74, 6) is 0. The Bertz CT molecular complexity index is 486. The smallest absolute Gasteiger partial charge is 0.307 e. The number of carbonyl (C=O) groups excluding carboxylic acids is 1. The second kappa shape index (κ2) is 6.12. The number of hydrogen-bond donors (Lipinski definition) is 0. The molecule has 2 rings (SSSR count). The van der Waals surface area contributed by atoms with Crippen LogP contribution in [0.25, 0.3) is 0 Å². The van der Waals surface area contributed by atoms with E-state index in [1.165, 1.54) is 0 Å². The van der Waals surface area contributed by atoms with Gasteiger partial charge in [-0.1, -0.05) is 60.7 Å². The summed E-state index contributed by atoms with van der Waals surface area (Å²) in [6.45, 7) is 0.217. The van der Waals surface area contributed by atoms with Crippen LogP contribution in [0.1, 0.15) is 16.4 Å². The van der Waals surface area contributed by atoms with Gasteiger partial charge in [0, 0.05) is 0 Å². The molecule has 0 saturated carbocycles. The highest BCUT2D eigenvalue weighted by molar-refractivity contribution is 7.81. The third kappa shape index (κ3) is 2.84. The van der Waals surface area contributed by atoms with Gasteiger partial charge in [0.25, 0.3) is 0 Å². The molecule has 1 atom stereocenters. The van der Waals surface area contributed by atoms with Crippen molar-refractivity contribution >= 4 is 17.6 Å². The maximum Gasteiger partial charge on any atom is 0.307 e. The Balaban J connectivity index is 2.41. The van der Waals surface area contributed by atoms with Crippen LogP contribution in [0.4, 0.5) is 0 Å². The number of hydrogen-bond acceptors (Lipinski definition) is 3. The third-order valence-electron chi connectivity index (χ3n) is 2.53. The topological polar surface area (TPSA) is 43.4 Å². The summed E-state index contributed by atoms with van der Waals surface area (Å²) in [7, 11) is 0. The van der Waals surface area contributed by atoms with E-state index < -0.39 is 16.3 Å². The van der Waals surface area contributed by atoms with Crippen molar-refractivity contribution in [1.29, 1.82) is 0 Å². The molecule has 1 unspecified atom stereocenters. The zero-order valence-electron chi connectivity index (χ0n) is 9.56. The molecule has 0 fully saturated rings. The van der Waals surface area contributed by atoms with Gasteiger partial charge in [-0.05, 0) is 11.1 Å². The van der Waals surface area contributed by atoms with Crippen molar-refractivity contribution in [3.8, 4) is 0 Å². The first-order valence-corrected chi connectivity index (χ1v) is 6.58. The molecular formula is C14H12O3S. The lowest BCUT2D eigenvalue weighted by Crippen LogP contribution is -2.10. The molecule has 0 spiro atoms. The van der Waals surface area contributed by atoms with Gasteiger partial charge in [0.1, 0.15) is 5.25 Å². The quantitative estimate of drug-likeness (QED) is 0.776.